The van der Waals surface area contributed by atoms with Crippen molar-refractivity contribution in [3.8, 4) is 0 Å². The van der Waals surface area contributed by atoms with Gasteiger partial charge in [-0.05, 0) is 24.9 Å². The monoisotopic (exact) mass is 337 g/mol. The summed E-state index contributed by atoms with van der Waals surface area (Å²) < 4.78 is 5.50. The highest BCUT2D eigenvalue weighted by Gasteiger charge is 2.25. The lowest BCUT2D eigenvalue weighted by Gasteiger charge is -2.36. The van der Waals surface area contributed by atoms with E-state index in [9.17, 15) is 4.79 Å². The predicted octanol–water partition coefficient (Wildman–Crippen LogP) is 1.68. The van der Waals surface area contributed by atoms with Gasteiger partial charge in [-0.3, -0.25) is 9.69 Å². The van der Waals surface area contributed by atoms with Gasteiger partial charge in [-0.25, -0.2) is 0 Å². The van der Waals surface area contributed by atoms with E-state index in [2.05, 4.69) is 34.4 Å². The number of amides is 1. The lowest BCUT2D eigenvalue weighted by Crippen LogP contribution is -2.44. The maximum absolute atomic E-state index is 11.7. The van der Waals surface area contributed by atoms with Crippen LogP contribution in [0.2, 0.25) is 0 Å². The van der Waals surface area contributed by atoms with Crippen molar-refractivity contribution >= 4 is 17.2 Å². The van der Waals surface area contributed by atoms with Gasteiger partial charge in [0.05, 0.1) is 19.3 Å². The number of rotatable bonds is 7. The number of carbonyl (C=O) groups excluding carboxylic acids is 1. The summed E-state index contributed by atoms with van der Waals surface area (Å²) in [6.45, 7) is 7.39. The van der Waals surface area contributed by atoms with Gasteiger partial charge < -0.3 is 14.5 Å². The largest absolute Gasteiger partial charge is 0.379 e. The predicted molar refractivity (Wildman–Crippen MR) is 92.8 cm³/mol. The van der Waals surface area contributed by atoms with Crippen molar-refractivity contribution in [2.24, 2.45) is 0 Å². The molecule has 6 heteroatoms. The lowest BCUT2D eigenvalue weighted by atomic mass is 10.1. The third kappa shape index (κ3) is 4.53. The molecule has 2 saturated heterocycles. The van der Waals surface area contributed by atoms with Crippen molar-refractivity contribution in [3.63, 3.8) is 0 Å². The first-order chi connectivity index (χ1) is 11.2. The molecule has 3 heterocycles. The first kappa shape index (κ1) is 16.9. The van der Waals surface area contributed by atoms with Gasteiger partial charge >= 0.3 is 0 Å². The Morgan fingerprint density at radius 2 is 2.17 bits per heavy atom. The molecule has 0 bridgehead atoms. The minimum Gasteiger partial charge on any atom is -0.379 e. The number of hydrogen-bond acceptors (Lipinski definition) is 5. The van der Waals surface area contributed by atoms with Gasteiger partial charge in [0.15, 0.2) is 0 Å². The molecule has 1 amide bonds. The molecule has 0 N–H and O–H groups in total. The van der Waals surface area contributed by atoms with E-state index in [1.54, 1.807) is 0 Å². The van der Waals surface area contributed by atoms with Gasteiger partial charge in [0.2, 0.25) is 5.91 Å². The van der Waals surface area contributed by atoms with Crippen LogP contribution in [0.5, 0.6) is 0 Å². The molecule has 1 aromatic rings. The van der Waals surface area contributed by atoms with E-state index in [1.165, 1.54) is 4.88 Å². The molecular formula is C17H27N3O2S. The number of likely N-dealkylation sites (N-methyl/N-ethyl adjacent to an activating group) is 1. The summed E-state index contributed by atoms with van der Waals surface area (Å²) in [5.41, 5.74) is 0. The molecule has 3 rings (SSSR count). The van der Waals surface area contributed by atoms with Crippen LogP contribution < -0.4 is 0 Å². The van der Waals surface area contributed by atoms with Gasteiger partial charge in [0.1, 0.15) is 0 Å². The first-order valence-corrected chi connectivity index (χ1v) is 9.43. The topological polar surface area (TPSA) is 36.0 Å². The Kier molecular flexibility index (Phi) is 6.05. The average Bonchev–Trinajstić information content (AvgIpc) is 3.23. The molecular weight excluding hydrogens is 310 g/mol. The van der Waals surface area contributed by atoms with Gasteiger partial charge in [0, 0.05) is 50.6 Å². The van der Waals surface area contributed by atoms with Gasteiger partial charge in [-0.1, -0.05) is 6.07 Å². The summed E-state index contributed by atoms with van der Waals surface area (Å²) in [7, 11) is 2.17. The van der Waals surface area contributed by atoms with Crippen LogP contribution in [0.1, 0.15) is 23.8 Å². The second kappa shape index (κ2) is 8.24. The minimum absolute atomic E-state index is 0.321. The van der Waals surface area contributed by atoms with Crippen molar-refractivity contribution in [1.29, 1.82) is 0 Å². The maximum atomic E-state index is 11.7. The first-order valence-electron chi connectivity index (χ1n) is 8.55. The molecule has 0 saturated carbocycles. The number of likely N-dealkylation sites (tertiary alicyclic amines) is 1. The van der Waals surface area contributed by atoms with E-state index < -0.39 is 0 Å². The summed E-state index contributed by atoms with van der Waals surface area (Å²) in [4.78, 5) is 20.1. The zero-order valence-electron chi connectivity index (χ0n) is 13.9. The van der Waals surface area contributed by atoms with E-state index in [0.29, 0.717) is 11.9 Å². The number of nitrogens with zero attached hydrogens (tertiary/aromatic N) is 3. The van der Waals surface area contributed by atoms with Crippen LogP contribution in [0.4, 0.5) is 0 Å². The highest BCUT2D eigenvalue weighted by molar-refractivity contribution is 7.10. The summed E-state index contributed by atoms with van der Waals surface area (Å²) in [5, 5.41) is 2.16. The Morgan fingerprint density at radius 3 is 2.83 bits per heavy atom. The van der Waals surface area contributed by atoms with E-state index >= 15 is 0 Å². The number of morpholine rings is 1. The second-order valence-electron chi connectivity index (χ2n) is 6.43. The zero-order valence-corrected chi connectivity index (χ0v) is 14.8. The lowest BCUT2D eigenvalue weighted by molar-refractivity contribution is -0.127. The Labute approximate surface area is 142 Å². The maximum Gasteiger partial charge on any atom is 0.222 e. The van der Waals surface area contributed by atoms with Crippen LogP contribution in [-0.2, 0) is 9.53 Å². The van der Waals surface area contributed by atoms with E-state index in [1.807, 2.05) is 16.2 Å². The molecule has 128 valence electrons. The molecule has 1 aromatic heterocycles. The fourth-order valence-corrected chi connectivity index (χ4v) is 4.23. The summed E-state index contributed by atoms with van der Waals surface area (Å²) in [5.74, 6) is 0.321. The van der Waals surface area contributed by atoms with Crippen molar-refractivity contribution in [2.75, 3.05) is 59.5 Å². The van der Waals surface area contributed by atoms with Gasteiger partial charge in [0.25, 0.3) is 0 Å². The highest BCUT2D eigenvalue weighted by Crippen LogP contribution is 2.26. The summed E-state index contributed by atoms with van der Waals surface area (Å²) in [6, 6.07) is 4.80. The van der Waals surface area contributed by atoms with Crippen LogP contribution in [0.15, 0.2) is 17.5 Å². The Morgan fingerprint density at radius 1 is 1.35 bits per heavy atom. The molecule has 2 aliphatic heterocycles. The molecule has 0 aromatic carbocycles. The van der Waals surface area contributed by atoms with Crippen molar-refractivity contribution in [1.82, 2.24) is 14.7 Å². The SMILES string of the molecule is CN(CCN1CCCC1=O)C[C@@H](c1cccs1)N1CCOCC1. The van der Waals surface area contributed by atoms with Crippen LogP contribution in [0.25, 0.3) is 0 Å². The van der Waals surface area contributed by atoms with Crippen LogP contribution in [-0.4, -0.2) is 80.1 Å². The van der Waals surface area contributed by atoms with Crippen LogP contribution in [0.3, 0.4) is 0 Å². The number of carbonyl (C=O) groups is 1. The minimum atomic E-state index is 0.321. The molecule has 2 fully saturated rings. The Bertz CT molecular complexity index is 488. The van der Waals surface area contributed by atoms with Crippen LogP contribution in [0, 0.1) is 0 Å². The molecule has 0 spiro atoms. The fraction of sp³-hybridized carbons (Fsp3) is 0.706. The third-order valence-corrected chi connectivity index (χ3v) is 5.74. The molecule has 0 radical (unpaired) electrons. The molecule has 23 heavy (non-hydrogen) atoms. The standard InChI is InChI=1S/C17H27N3O2S/c1-18(7-8-20-6-2-5-17(20)21)14-15(16-4-3-13-23-16)19-9-11-22-12-10-19/h3-4,13,15H,2,5-12,14H2,1H3/t15-/m0/s1. The quantitative estimate of drug-likeness (QED) is 0.758. The Balaban J connectivity index is 1.55. The summed E-state index contributed by atoms with van der Waals surface area (Å²) in [6.07, 6.45) is 1.75. The van der Waals surface area contributed by atoms with E-state index in [4.69, 9.17) is 4.74 Å². The molecule has 1 atom stereocenters. The van der Waals surface area contributed by atoms with Crippen molar-refractivity contribution in [2.45, 2.75) is 18.9 Å². The number of thiophene rings is 1. The van der Waals surface area contributed by atoms with Crippen molar-refractivity contribution < 1.29 is 9.53 Å². The fourth-order valence-electron chi connectivity index (χ4n) is 3.37. The summed E-state index contributed by atoms with van der Waals surface area (Å²) >= 11 is 1.84. The molecule has 0 aliphatic carbocycles. The van der Waals surface area contributed by atoms with Crippen LogP contribution >= 0.6 is 11.3 Å². The normalized spacial score (nSPS) is 21.3. The zero-order chi connectivity index (χ0) is 16.1. The van der Waals surface area contributed by atoms with Gasteiger partial charge in [-0.2, -0.15) is 0 Å². The smallest absolute Gasteiger partial charge is 0.222 e. The van der Waals surface area contributed by atoms with E-state index in [0.717, 1.165) is 65.3 Å². The Hall–Kier alpha value is -0.950. The van der Waals surface area contributed by atoms with E-state index in [-0.39, 0.29) is 0 Å². The number of hydrogen-bond donors (Lipinski definition) is 0. The average molecular weight is 337 g/mol. The molecule has 2 aliphatic rings. The van der Waals surface area contributed by atoms with Gasteiger partial charge in [-0.15, -0.1) is 11.3 Å². The number of ether oxygens (including phenoxy) is 1. The molecule has 5 nitrogen and oxygen atoms in total. The highest BCUT2D eigenvalue weighted by atomic mass is 32.1. The van der Waals surface area contributed by atoms with Crippen molar-refractivity contribution in [3.05, 3.63) is 22.4 Å². The molecule has 0 unspecified atom stereocenters. The second-order valence-corrected chi connectivity index (χ2v) is 7.41. The third-order valence-electron chi connectivity index (χ3n) is 4.77.